The number of rotatable bonds is 8. The lowest BCUT2D eigenvalue weighted by Gasteiger charge is -2.27. The largest absolute Gasteiger partial charge is 0.460 e. The van der Waals surface area contributed by atoms with Gasteiger partial charge in [-0.15, -0.1) is 0 Å². The number of hydrogen-bond donors (Lipinski definition) is 2. The van der Waals surface area contributed by atoms with Crippen molar-refractivity contribution >= 4 is 30.0 Å². The van der Waals surface area contributed by atoms with Crippen LogP contribution in [0.1, 0.15) is 48.0 Å². The summed E-state index contributed by atoms with van der Waals surface area (Å²) in [5, 5.41) is 4.84. The van der Waals surface area contributed by atoms with Gasteiger partial charge in [0, 0.05) is 25.2 Å². The van der Waals surface area contributed by atoms with Crippen molar-refractivity contribution < 1.29 is 38.2 Å². The number of hydrogen-bond acceptors (Lipinski definition) is 8. The van der Waals surface area contributed by atoms with Gasteiger partial charge in [0.2, 0.25) is 0 Å². The molecule has 0 aromatic heterocycles. The Hall–Kier alpha value is -3.11. The second kappa shape index (κ2) is 10.8. The Morgan fingerprint density at radius 2 is 1.45 bits per heavy atom. The number of ether oxygens (including phenoxy) is 3. The van der Waals surface area contributed by atoms with E-state index in [0.717, 1.165) is 17.1 Å². The average Bonchev–Trinajstić information content (AvgIpc) is 2.91. The minimum absolute atomic E-state index is 0.0162. The zero-order valence-corrected chi connectivity index (χ0v) is 18.8. The molecular weight excluding hydrogens is 410 g/mol. The van der Waals surface area contributed by atoms with Crippen molar-refractivity contribution in [2.24, 2.45) is 0 Å². The Labute approximate surface area is 181 Å². The van der Waals surface area contributed by atoms with Crippen molar-refractivity contribution in [2.45, 2.75) is 65.2 Å². The fourth-order valence-electron chi connectivity index (χ4n) is 2.39. The molecule has 174 valence electrons. The SMILES string of the molecule is CC(C)(C)OC(=O)CCNC(=O)OC[C@H](CNC(=O)OC(C)(C)C)N1C(=O)C=CC1=O. The number of imide groups is 1. The summed E-state index contributed by atoms with van der Waals surface area (Å²) < 4.78 is 15.3. The first kappa shape index (κ1) is 25.9. The highest BCUT2D eigenvalue weighted by Crippen LogP contribution is 2.11. The van der Waals surface area contributed by atoms with Crippen molar-refractivity contribution in [1.29, 1.82) is 0 Å². The van der Waals surface area contributed by atoms with Crippen LogP contribution in [0.25, 0.3) is 0 Å². The van der Waals surface area contributed by atoms with Crippen LogP contribution in [0.3, 0.4) is 0 Å². The van der Waals surface area contributed by atoms with Crippen LogP contribution in [0.15, 0.2) is 12.2 Å². The molecule has 11 heteroatoms. The van der Waals surface area contributed by atoms with E-state index in [2.05, 4.69) is 10.6 Å². The third-order valence-corrected chi connectivity index (χ3v) is 3.51. The van der Waals surface area contributed by atoms with E-state index in [9.17, 15) is 24.0 Å². The first-order valence-electron chi connectivity index (χ1n) is 9.82. The molecule has 1 heterocycles. The summed E-state index contributed by atoms with van der Waals surface area (Å²) in [6.45, 7) is 9.68. The van der Waals surface area contributed by atoms with Crippen LogP contribution >= 0.6 is 0 Å². The number of amides is 4. The highest BCUT2D eigenvalue weighted by molar-refractivity contribution is 6.13. The highest BCUT2D eigenvalue weighted by Gasteiger charge is 2.33. The van der Waals surface area contributed by atoms with Gasteiger partial charge in [0.05, 0.1) is 12.5 Å². The van der Waals surface area contributed by atoms with Crippen LogP contribution in [0.2, 0.25) is 0 Å². The monoisotopic (exact) mass is 441 g/mol. The van der Waals surface area contributed by atoms with Gasteiger partial charge in [0.1, 0.15) is 17.8 Å². The highest BCUT2D eigenvalue weighted by atomic mass is 16.6. The standard InChI is InChI=1S/C20H31N3O8/c1-19(2,3)30-16(26)9-10-21-17(27)29-12-13(23-14(24)7-8-15(23)25)11-22-18(28)31-20(4,5)6/h7-8,13H,9-12H2,1-6H3,(H,21,27)(H,22,28)/t13-/m0/s1. The number of carbonyl (C=O) groups is 5. The predicted octanol–water partition coefficient (Wildman–Crippen LogP) is 1.26. The van der Waals surface area contributed by atoms with E-state index in [1.54, 1.807) is 41.5 Å². The van der Waals surface area contributed by atoms with Crippen LogP contribution in [0.4, 0.5) is 9.59 Å². The normalized spacial score (nSPS) is 14.8. The Balaban J connectivity index is 2.56. The molecule has 0 unspecified atom stereocenters. The molecule has 0 spiro atoms. The van der Waals surface area contributed by atoms with Crippen molar-refractivity contribution in [1.82, 2.24) is 15.5 Å². The lowest BCUT2D eigenvalue weighted by molar-refractivity contribution is -0.154. The quantitative estimate of drug-likeness (QED) is 0.326. The first-order chi connectivity index (χ1) is 14.2. The smallest absolute Gasteiger partial charge is 0.407 e. The third-order valence-electron chi connectivity index (χ3n) is 3.51. The van der Waals surface area contributed by atoms with E-state index in [1.807, 2.05) is 0 Å². The molecule has 2 N–H and O–H groups in total. The van der Waals surface area contributed by atoms with Gasteiger partial charge in [-0.05, 0) is 41.5 Å². The zero-order chi connectivity index (χ0) is 23.8. The van der Waals surface area contributed by atoms with Gasteiger partial charge < -0.3 is 24.8 Å². The molecule has 0 radical (unpaired) electrons. The second-order valence-electron chi connectivity index (χ2n) is 8.78. The minimum Gasteiger partial charge on any atom is -0.460 e. The number of alkyl carbamates (subject to hydrolysis) is 2. The summed E-state index contributed by atoms with van der Waals surface area (Å²) in [6.07, 6.45) is 0.528. The summed E-state index contributed by atoms with van der Waals surface area (Å²) in [5.74, 6) is -1.66. The Kier molecular flexibility index (Phi) is 9.02. The molecule has 1 rings (SSSR count). The van der Waals surface area contributed by atoms with Gasteiger partial charge in [-0.2, -0.15) is 0 Å². The zero-order valence-electron chi connectivity index (χ0n) is 18.8. The topological polar surface area (TPSA) is 140 Å². The van der Waals surface area contributed by atoms with Crippen LogP contribution in [-0.4, -0.2) is 71.8 Å². The van der Waals surface area contributed by atoms with Gasteiger partial charge in [0.25, 0.3) is 11.8 Å². The maximum atomic E-state index is 12.0. The van der Waals surface area contributed by atoms with Crippen molar-refractivity contribution in [3.63, 3.8) is 0 Å². The fourth-order valence-corrected chi connectivity index (χ4v) is 2.39. The second-order valence-corrected chi connectivity index (χ2v) is 8.78. The molecule has 0 saturated heterocycles. The van der Waals surface area contributed by atoms with Crippen molar-refractivity contribution in [2.75, 3.05) is 19.7 Å². The molecule has 0 aliphatic carbocycles. The van der Waals surface area contributed by atoms with E-state index in [1.165, 1.54) is 0 Å². The molecule has 0 aromatic carbocycles. The van der Waals surface area contributed by atoms with Crippen LogP contribution in [-0.2, 0) is 28.6 Å². The molecule has 1 aliphatic heterocycles. The molecule has 11 nitrogen and oxygen atoms in total. The molecule has 0 fully saturated rings. The van der Waals surface area contributed by atoms with E-state index in [4.69, 9.17) is 14.2 Å². The molecule has 1 aliphatic rings. The van der Waals surface area contributed by atoms with Crippen LogP contribution in [0.5, 0.6) is 0 Å². The van der Waals surface area contributed by atoms with E-state index >= 15 is 0 Å². The molecule has 0 saturated carbocycles. The number of carbonyl (C=O) groups excluding carboxylic acids is 5. The van der Waals surface area contributed by atoms with Gasteiger partial charge in [0.15, 0.2) is 0 Å². The molecular formula is C20H31N3O8. The third kappa shape index (κ3) is 10.5. The lowest BCUT2D eigenvalue weighted by atomic mass is 10.2. The number of nitrogens with one attached hydrogen (secondary N) is 2. The van der Waals surface area contributed by atoms with Crippen molar-refractivity contribution in [3.8, 4) is 0 Å². The average molecular weight is 441 g/mol. The number of nitrogens with zero attached hydrogens (tertiary/aromatic N) is 1. The maximum Gasteiger partial charge on any atom is 0.407 e. The fraction of sp³-hybridized carbons (Fsp3) is 0.650. The maximum absolute atomic E-state index is 12.0. The minimum atomic E-state index is -0.945. The molecule has 1 atom stereocenters. The van der Waals surface area contributed by atoms with Crippen LogP contribution in [0, 0.1) is 0 Å². The van der Waals surface area contributed by atoms with E-state index in [0.29, 0.717) is 0 Å². The van der Waals surface area contributed by atoms with Gasteiger partial charge in [-0.1, -0.05) is 0 Å². The summed E-state index contributed by atoms with van der Waals surface area (Å²) >= 11 is 0. The predicted molar refractivity (Wildman–Crippen MR) is 109 cm³/mol. The van der Waals surface area contributed by atoms with Crippen LogP contribution < -0.4 is 10.6 Å². The van der Waals surface area contributed by atoms with Gasteiger partial charge >= 0.3 is 18.2 Å². The Morgan fingerprint density at radius 3 is 1.97 bits per heavy atom. The summed E-state index contributed by atoms with van der Waals surface area (Å²) in [5.41, 5.74) is -1.36. The Morgan fingerprint density at radius 1 is 0.903 bits per heavy atom. The summed E-state index contributed by atoms with van der Waals surface area (Å²) in [7, 11) is 0. The number of esters is 1. The van der Waals surface area contributed by atoms with Crippen molar-refractivity contribution in [3.05, 3.63) is 12.2 Å². The summed E-state index contributed by atoms with van der Waals surface area (Å²) in [4.78, 5) is 60.3. The first-order valence-corrected chi connectivity index (χ1v) is 9.82. The molecule has 31 heavy (non-hydrogen) atoms. The molecule has 0 bridgehead atoms. The van der Waals surface area contributed by atoms with Gasteiger partial charge in [-0.3, -0.25) is 19.3 Å². The molecule has 0 aromatic rings. The van der Waals surface area contributed by atoms with Gasteiger partial charge in [-0.25, -0.2) is 9.59 Å². The lowest BCUT2D eigenvalue weighted by Crippen LogP contribution is -2.50. The van der Waals surface area contributed by atoms with E-state index in [-0.39, 0.29) is 26.1 Å². The summed E-state index contributed by atoms with van der Waals surface area (Å²) in [6, 6.07) is -0.945. The molecule has 4 amide bonds. The Bertz CT molecular complexity index is 716. The van der Waals surface area contributed by atoms with E-state index < -0.39 is 47.2 Å².